The molecule has 9 heteroatoms. The summed E-state index contributed by atoms with van der Waals surface area (Å²) >= 11 is 0. The highest BCUT2D eigenvalue weighted by molar-refractivity contribution is 6.05. The Balaban J connectivity index is 1.35. The number of nitriles is 1. The van der Waals surface area contributed by atoms with Gasteiger partial charge in [-0.2, -0.15) is 5.26 Å². The van der Waals surface area contributed by atoms with Crippen molar-refractivity contribution in [3.8, 4) is 11.8 Å². The Bertz CT molecular complexity index is 1140. The largest absolute Gasteiger partial charge is 0.322 e. The maximum absolute atomic E-state index is 13.0. The molecular weight excluding hydrogens is 408 g/mol. The van der Waals surface area contributed by atoms with Crippen LogP contribution in [-0.4, -0.2) is 43.7 Å². The molecule has 2 fully saturated rings. The number of imide groups is 1. The fraction of sp³-hybridized carbons (Fsp3) is 0.478. The lowest BCUT2D eigenvalue weighted by atomic mass is 9.72. The Labute approximate surface area is 185 Å². The van der Waals surface area contributed by atoms with Crippen molar-refractivity contribution in [2.75, 3.05) is 0 Å². The van der Waals surface area contributed by atoms with E-state index in [2.05, 4.69) is 21.7 Å². The maximum Gasteiger partial charge on any atom is 0.255 e. The third-order valence-corrected chi connectivity index (χ3v) is 6.88. The van der Waals surface area contributed by atoms with Gasteiger partial charge < -0.3 is 4.90 Å². The van der Waals surface area contributed by atoms with Gasteiger partial charge in [-0.25, -0.2) is 4.68 Å². The first-order valence-corrected chi connectivity index (χ1v) is 11.1. The van der Waals surface area contributed by atoms with E-state index in [0.29, 0.717) is 30.6 Å². The summed E-state index contributed by atoms with van der Waals surface area (Å²) in [7, 11) is 0. The molecule has 1 atom stereocenters. The molecule has 2 aliphatic heterocycles. The highest BCUT2D eigenvalue weighted by Gasteiger charge is 2.39. The molecule has 1 aromatic carbocycles. The van der Waals surface area contributed by atoms with Crippen LogP contribution in [0.3, 0.4) is 0 Å². The molecule has 1 aliphatic carbocycles. The first-order valence-electron chi connectivity index (χ1n) is 11.1. The Morgan fingerprint density at radius 2 is 2.00 bits per heavy atom. The lowest BCUT2D eigenvalue weighted by Gasteiger charge is -2.29. The topological polar surface area (TPSA) is 121 Å². The van der Waals surface area contributed by atoms with Crippen molar-refractivity contribution in [1.82, 2.24) is 25.2 Å². The van der Waals surface area contributed by atoms with Crippen LogP contribution in [0.4, 0.5) is 0 Å². The number of benzene rings is 1. The summed E-state index contributed by atoms with van der Waals surface area (Å²) in [6.45, 7) is 0.341. The van der Waals surface area contributed by atoms with Gasteiger partial charge in [-0.15, -0.1) is 5.10 Å². The van der Waals surface area contributed by atoms with Crippen LogP contribution in [0, 0.1) is 16.7 Å². The molecule has 0 spiro atoms. The summed E-state index contributed by atoms with van der Waals surface area (Å²) in [4.78, 5) is 38.2. The molecular formula is C23H24N6O3. The zero-order valence-corrected chi connectivity index (χ0v) is 17.7. The minimum Gasteiger partial charge on any atom is -0.322 e. The number of fused-ring (bicyclic) bond motifs is 1. The molecule has 5 rings (SSSR count). The molecule has 3 heterocycles. The minimum absolute atomic E-state index is 0.220. The lowest BCUT2D eigenvalue weighted by Crippen LogP contribution is -2.52. The van der Waals surface area contributed by atoms with Gasteiger partial charge in [0.25, 0.3) is 5.91 Å². The molecule has 1 aromatic heterocycles. The van der Waals surface area contributed by atoms with Crippen LogP contribution >= 0.6 is 0 Å². The van der Waals surface area contributed by atoms with Crippen molar-refractivity contribution in [3.05, 3.63) is 41.2 Å². The molecule has 3 amide bonds. The first kappa shape index (κ1) is 20.4. The smallest absolute Gasteiger partial charge is 0.255 e. The fourth-order valence-corrected chi connectivity index (χ4v) is 5.09. The molecule has 1 saturated carbocycles. The van der Waals surface area contributed by atoms with Crippen molar-refractivity contribution in [3.63, 3.8) is 0 Å². The van der Waals surface area contributed by atoms with Crippen molar-refractivity contribution in [2.24, 2.45) is 5.41 Å². The molecule has 1 unspecified atom stereocenters. The van der Waals surface area contributed by atoms with E-state index in [-0.39, 0.29) is 23.7 Å². The number of aromatic nitrogens is 3. The zero-order valence-electron chi connectivity index (χ0n) is 17.7. The monoisotopic (exact) mass is 432 g/mol. The quantitative estimate of drug-likeness (QED) is 0.738. The van der Waals surface area contributed by atoms with E-state index in [9.17, 15) is 19.6 Å². The number of carbonyl (C=O) groups is 3. The van der Waals surface area contributed by atoms with Crippen molar-refractivity contribution in [2.45, 2.75) is 64.0 Å². The summed E-state index contributed by atoms with van der Waals surface area (Å²) < 4.78 is 1.63. The number of hydrogen-bond acceptors (Lipinski definition) is 6. The Morgan fingerprint density at radius 1 is 1.19 bits per heavy atom. The van der Waals surface area contributed by atoms with Crippen LogP contribution < -0.4 is 5.32 Å². The minimum atomic E-state index is -0.633. The van der Waals surface area contributed by atoms with Gasteiger partial charge >= 0.3 is 0 Å². The second-order valence-corrected chi connectivity index (χ2v) is 9.03. The summed E-state index contributed by atoms with van der Waals surface area (Å²) in [6, 6.07) is 7.39. The van der Waals surface area contributed by atoms with Crippen LogP contribution in [0.15, 0.2) is 24.4 Å². The van der Waals surface area contributed by atoms with E-state index in [0.717, 1.165) is 36.9 Å². The van der Waals surface area contributed by atoms with Crippen molar-refractivity contribution >= 4 is 17.7 Å². The van der Waals surface area contributed by atoms with E-state index in [1.807, 2.05) is 18.3 Å². The highest BCUT2D eigenvalue weighted by atomic mass is 16.2. The first-order chi connectivity index (χ1) is 15.5. The molecule has 0 radical (unpaired) electrons. The maximum atomic E-state index is 13.0. The Hall–Kier alpha value is -3.54. The molecule has 32 heavy (non-hydrogen) atoms. The second kappa shape index (κ2) is 7.86. The average Bonchev–Trinajstić information content (AvgIpc) is 3.39. The highest BCUT2D eigenvalue weighted by Crippen LogP contribution is 2.38. The predicted octanol–water partition coefficient (Wildman–Crippen LogP) is 2.04. The Morgan fingerprint density at radius 3 is 2.75 bits per heavy atom. The number of hydrogen-bond donors (Lipinski definition) is 1. The van der Waals surface area contributed by atoms with Gasteiger partial charge in [-0.1, -0.05) is 30.5 Å². The van der Waals surface area contributed by atoms with Crippen LogP contribution in [0.2, 0.25) is 0 Å². The normalized spacial score (nSPS) is 22.4. The van der Waals surface area contributed by atoms with Crippen LogP contribution in [0.5, 0.6) is 0 Å². The van der Waals surface area contributed by atoms with Gasteiger partial charge in [-0.3, -0.25) is 19.7 Å². The van der Waals surface area contributed by atoms with Gasteiger partial charge in [0.05, 0.1) is 29.1 Å². The molecule has 0 bridgehead atoms. The molecule has 2 aromatic rings. The number of nitrogens with one attached hydrogen (secondary N) is 1. The van der Waals surface area contributed by atoms with E-state index in [1.54, 1.807) is 10.7 Å². The zero-order chi connectivity index (χ0) is 22.3. The molecule has 164 valence electrons. The number of amides is 3. The lowest BCUT2D eigenvalue weighted by molar-refractivity contribution is -0.136. The van der Waals surface area contributed by atoms with Gasteiger partial charge in [-0.05, 0) is 37.0 Å². The second-order valence-electron chi connectivity index (χ2n) is 9.03. The van der Waals surface area contributed by atoms with Crippen molar-refractivity contribution in [1.29, 1.82) is 5.26 Å². The van der Waals surface area contributed by atoms with Gasteiger partial charge in [0.1, 0.15) is 6.04 Å². The summed E-state index contributed by atoms with van der Waals surface area (Å²) in [5, 5.41) is 20.6. The summed E-state index contributed by atoms with van der Waals surface area (Å²) in [5.74, 6) is -0.939. The number of rotatable bonds is 4. The van der Waals surface area contributed by atoms with Crippen LogP contribution in [-0.2, 0) is 22.6 Å². The third kappa shape index (κ3) is 3.55. The fourth-order valence-electron chi connectivity index (χ4n) is 5.09. The number of carbonyl (C=O) groups excluding carboxylic acids is 3. The van der Waals surface area contributed by atoms with E-state index < -0.39 is 11.9 Å². The van der Waals surface area contributed by atoms with Gasteiger partial charge in [0.15, 0.2) is 0 Å². The van der Waals surface area contributed by atoms with Gasteiger partial charge in [0.2, 0.25) is 11.8 Å². The van der Waals surface area contributed by atoms with E-state index >= 15 is 0 Å². The predicted molar refractivity (Wildman–Crippen MR) is 112 cm³/mol. The SMILES string of the molecule is N#CC1(Cc2cn(-c3ccc4c(c3)C(=O)N(C3CCC(=O)NC3=O)C4)nn2)CCCCC1. The van der Waals surface area contributed by atoms with E-state index in [4.69, 9.17) is 0 Å². The van der Waals surface area contributed by atoms with Crippen LogP contribution in [0.25, 0.3) is 5.69 Å². The molecule has 1 saturated heterocycles. The molecule has 1 N–H and O–H groups in total. The summed E-state index contributed by atoms with van der Waals surface area (Å²) in [6.07, 6.45) is 8.06. The average molecular weight is 432 g/mol. The summed E-state index contributed by atoms with van der Waals surface area (Å²) in [5.41, 5.74) is 2.48. The van der Waals surface area contributed by atoms with E-state index in [1.165, 1.54) is 11.3 Å². The molecule has 9 nitrogen and oxygen atoms in total. The standard InChI is InChI=1S/C23H24N6O3/c24-14-23(8-2-1-3-9-23)11-16-13-29(27-26-16)17-5-4-15-12-28(22(32)18(15)10-17)19-6-7-20(30)25-21(19)31/h4-5,10,13,19H,1-3,6-9,11-12H2,(H,25,30,31). The van der Waals surface area contributed by atoms with Crippen LogP contribution in [0.1, 0.15) is 66.6 Å². The Kier molecular flexibility index (Phi) is 5.00. The number of nitrogens with zero attached hydrogens (tertiary/aromatic N) is 5. The number of piperidine rings is 1. The third-order valence-electron chi connectivity index (χ3n) is 6.88. The van der Waals surface area contributed by atoms with Gasteiger partial charge in [0, 0.05) is 24.9 Å². The molecule has 3 aliphatic rings. The van der Waals surface area contributed by atoms with Crippen molar-refractivity contribution < 1.29 is 14.4 Å².